The van der Waals surface area contributed by atoms with Crippen LogP contribution in [0.5, 0.6) is 0 Å². The molecule has 2 heterocycles. The Morgan fingerprint density at radius 1 is 1.19 bits per heavy atom. The van der Waals surface area contributed by atoms with Crippen LogP contribution in [-0.2, 0) is 18.3 Å². The van der Waals surface area contributed by atoms with E-state index in [1.54, 1.807) is 7.05 Å². The summed E-state index contributed by atoms with van der Waals surface area (Å²) in [6.07, 6.45) is 0. The number of thiophene rings is 1. The molecule has 0 saturated heterocycles. The number of fused-ring (bicyclic) bond motifs is 1. The first-order valence-corrected chi connectivity index (χ1v) is 9.14. The second-order valence-electron chi connectivity index (χ2n) is 6.54. The first-order valence-electron chi connectivity index (χ1n) is 8.33. The molecule has 0 aliphatic carbocycles. The summed E-state index contributed by atoms with van der Waals surface area (Å²) in [6, 6.07) is 10.8. The average molecular weight is 372 g/mol. The number of hydrogen-bond donors (Lipinski definition) is 0. The zero-order valence-electron chi connectivity index (χ0n) is 14.9. The number of carbonyl (C=O) groups is 1. The lowest BCUT2D eigenvalue weighted by atomic mass is 10.2. The molecule has 3 aromatic rings. The van der Waals surface area contributed by atoms with Crippen LogP contribution in [0.4, 0.5) is 0 Å². The molecule has 0 spiro atoms. The first kappa shape index (κ1) is 18.1. The second-order valence-corrected chi connectivity index (χ2v) is 7.57. The second kappa shape index (κ2) is 7.29. The normalized spacial score (nSPS) is 11.2. The Bertz CT molecular complexity index is 1060. The van der Waals surface area contributed by atoms with Gasteiger partial charge >= 0.3 is 11.7 Å². The van der Waals surface area contributed by atoms with Crippen LogP contribution in [0.15, 0.2) is 46.0 Å². The van der Waals surface area contributed by atoms with Gasteiger partial charge in [-0.15, -0.1) is 11.3 Å². The molecule has 136 valence electrons. The maximum Gasteiger partial charge on any atom is 0.348 e. The van der Waals surface area contributed by atoms with Gasteiger partial charge in [-0.2, -0.15) is 0 Å². The summed E-state index contributed by atoms with van der Waals surface area (Å²) >= 11 is 1.10. The molecular formula is C19H20N2O4S. The molecule has 0 atom stereocenters. The van der Waals surface area contributed by atoms with Crippen LogP contribution in [-0.4, -0.2) is 21.7 Å². The summed E-state index contributed by atoms with van der Waals surface area (Å²) in [5, 5.41) is 0.351. The van der Waals surface area contributed by atoms with E-state index in [2.05, 4.69) is 0 Å². The number of hydrogen-bond acceptors (Lipinski definition) is 5. The standard InChI is InChI=1S/C19H20N2O4S/c1-12(2)11-25-18(23)15-9-14-16(22)21(10-13-7-5-4-6-8-13)19(24)20(3)17(14)26-15/h4-9,12H,10-11H2,1-3H3. The average Bonchev–Trinajstić information content (AvgIpc) is 3.08. The Kier molecular flexibility index (Phi) is 5.08. The summed E-state index contributed by atoms with van der Waals surface area (Å²) in [4.78, 5) is 38.4. The van der Waals surface area contributed by atoms with E-state index in [0.29, 0.717) is 21.7 Å². The molecule has 0 unspecified atom stereocenters. The van der Waals surface area contributed by atoms with Crippen LogP contribution in [0, 0.1) is 5.92 Å². The third kappa shape index (κ3) is 3.48. The Morgan fingerprint density at radius 3 is 2.54 bits per heavy atom. The number of benzene rings is 1. The minimum Gasteiger partial charge on any atom is -0.461 e. The highest BCUT2D eigenvalue weighted by atomic mass is 32.1. The van der Waals surface area contributed by atoms with Crippen molar-refractivity contribution in [2.24, 2.45) is 13.0 Å². The zero-order chi connectivity index (χ0) is 18.8. The number of aryl methyl sites for hydroxylation is 1. The molecule has 0 saturated carbocycles. The van der Waals surface area contributed by atoms with Crippen molar-refractivity contribution in [3.63, 3.8) is 0 Å². The number of nitrogens with zero attached hydrogens (tertiary/aromatic N) is 2. The van der Waals surface area contributed by atoms with Gasteiger partial charge in [0.1, 0.15) is 9.71 Å². The molecule has 0 fully saturated rings. The Hall–Kier alpha value is -2.67. The van der Waals surface area contributed by atoms with E-state index in [4.69, 9.17) is 4.74 Å². The van der Waals surface area contributed by atoms with E-state index in [9.17, 15) is 14.4 Å². The van der Waals surface area contributed by atoms with E-state index >= 15 is 0 Å². The van der Waals surface area contributed by atoms with Crippen molar-refractivity contribution in [3.05, 3.63) is 67.7 Å². The molecule has 1 aromatic carbocycles. The van der Waals surface area contributed by atoms with Gasteiger partial charge in [0.05, 0.1) is 18.5 Å². The number of aromatic nitrogens is 2. The summed E-state index contributed by atoms with van der Waals surface area (Å²) < 4.78 is 7.82. The molecule has 26 heavy (non-hydrogen) atoms. The van der Waals surface area contributed by atoms with E-state index in [1.165, 1.54) is 15.2 Å². The lowest BCUT2D eigenvalue weighted by molar-refractivity contribution is 0.0465. The summed E-state index contributed by atoms with van der Waals surface area (Å²) in [5.74, 6) is -0.248. The predicted molar refractivity (Wildman–Crippen MR) is 102 cm³/mol. The van der Waals surface area contributed by atoms with E-state index in [0.717, 1.165) is 16.9 Å². The monoisotopic (exact) mass is 372 g/mol. The molecular weight excluding hydrogens is 352 g/mol. The molecule has 0 aliphatic rings. The van der Waals surface area contributed by atoms with Crippen LogP contribution < -0.4 is 11.2 Å². The highest BCUT2D eigenvalue weighted by molar-refractivity contribution is 7.20. The predicted octanol–water partition coefficient (Wildman–Crippen LogP) is 2.62. The first-order chi connectivity index (χ1) is 12.4. The fourth-order valence-electron chi connectivity index (χ4n) is 2.60. The highest BCUT2D eigenvalue weighted by Crippen LogP contribution is 2.22. The topological polar surface area (TPSA) is 70.3 Å². The van der Waals surface area contributed by atoms with Crippen LogP contribution in [0.1, 0.15) is 29.1 Å². The smallest absolute Gasteiger partial charge is 0.348 e. The molecule has 0 radical (unpaired) electrons. The minimum absolute atomic E-state index is 0.186. The summed E-state index contributed by atoms with van der Waals surface area (Å²) in [7, 11) is 1.60. The number of rotatable bonds is 5. The van der Waals surface area contributed by atoms with Gasteiger partial charge in [-0.25, -0.2) is 9.59 Å². The zero-order valence-corrected chi connectivity index (χ0v) is 15.7. The van der Waals surface area contributed by atoms with E-state index in [-0.39, 0.29) is 12.5 Å². The number of esters is 1. The fraction of sp³-hybridized carbons (Fsp3) is 0.316. The lowest BCUT2D eigenvalue weighted by Crippen LogP contribution is -2.38. The number of carbonyl (C=O) groups excluding carboxylic acids is 1. The van der Waals surface area contributed by atoms with Gasteiger partial charge in [-0.05, 0) is 17.5 Å². The molecule has 7 heteroatoms. The van der Waals surface area contributed by atoms with Gasteiger partial charge in [-0.3, -0.25) is 13.9 Å². The van der Waals surface area contributed by atoms with Crippen molar-refractivity contribution < 1.29 is 9.53 Å². The third-order valence-electron chi connectivity index (χ3n) is 3.94. The Morgan fingerprint density at radius 2 is 1.88 bits per heavy atom. The molecule has 0 amide bonds. The maximum absolute atomic E-state index is 12.8. The quantitative estimate of drug-likeness (QED) is 0.646. The van der Waals surface area contributed by atoms with E-state index < -0.39 is 17.2 Å². The van der Waals surface area contributed by atoms with Gasteiger partial charge in [0, 0.05) is 7.05 Å². The largest absolute Gasteiger partial charge is 0.461 e. The summed E-state index contributed by atoms with van der Waals surface area (Å²) in [5.41, 5.74) is 0.0549. The van der Waals surface area contributed by atoms with Gasteiger partial charge in [-0.1, -0.05) is 44.2 Å². The lowest BCUT2D eigenvalue weighted by Gasteiger charge is -2.08. The molecule has 6 nitrogen and oxygen atoms in total. The molecule has 3 rings (SSSR count). The number of ether oxygens (including phenoxy) is 1. The van der Waals surface area contributed by atoms with Gasteiger partial charge < -0.3 is 4.74 Å². The molecule has 0 N–H and O–H groups in total. The van der Waals surface area contributed by atoms with Crippen molar-refractivity contribution in [2.45, 2.75) is 20.4 Å². The van der Waals surface area contributed by atoms with Gasteiger partial charge in [0.2, 0.25) is 0 Å². The van der Waals surface area contributed by atoms with Gasteiger partial charge in [0.15, 0.2) is 0 Å². The fourth-order valence-corrected chi connectivity index (χ4v) is 3.60. The molecule has 0 aliphatic heterocycles. The van der Waals surface area contributed by atoms with Crippen LogP contribution in [0.2, 0.25) is 0 Å². The third-order valence-corrected chi connectivity index (χ3v) is 5.13. The van der Waals surface area contributed by atoms with E-state index in [1.807, 2.05) is 44.2 Å². The van der Waals surface area contributed by atoms with Crippen molar-refractivity contribution >= 4 is 27.5 Å². The Balaban J connectivity index is 2.05. The van der Waals surface area contributed by atoms with Crippen LogP contribution >= 0.6 is 11.3 Å². The van der Waals surface area contributed by atoms with Crippen molar-refractivity contribution in [1.82, 2.24) is 9.13 Å². The molecule has 0 bridgehead atoms. The van der Waals surface area contributed by atoms with Crippen molar-refractivity contribution in [1.29, 1.82) is 0 Å². The highest BCUT2D eigenvalue weighted by Gasteiger charge is 2.19. The van der Waals surface area contributed by atoms with Gasteiger partial charge in [0.25, 0.3) is 5.56 Å². The van der Waals surface area contributed by atoms with Crippen LogP contribution in [0.3, 0.4) is 0 Å². The van der Waals surface area contributed by atoms with Crippen molar-refractivity contribution in [2.75, 3.05) is 6.61 Å². The maximum atomic E-state index is 12.8. The van der Waals surface area contributed by atoms with Crippen LogP contribution in [0.25, 0.3) is 10.2 Å². The SMILES string of the molecule is CC(C)COC(=O)c1cc2c(=O)n(Cc3ccccc3)c(=O)n(C)c2s1. The van der Waals surface area contributed by atoms with Crippen molar-refractivity contribution in [3.8, 4) is 0 Å². The Labute approximate surface area is 154 Å². The summed E-state index contributed by atoms with van der Waals surface area (Å²) in [6.45, 7) is 4.39. The minimum atomic E-state index is -0.471. The molecule has 2 aromatic heterocycles.